The van der Waals surface area contributed by atoms with Crippen molar-refractivity contribution in [3.8, 4) is 11.1 Å². The molecule has 0 saturated heterocycles. The molecule has 1 saturated carbocycles. The van der Waals surface area contributed by atoms with E-state index >= 15 is 0 Å². The molecule has 21 heavy (non-hydrogen) atoms. The Bertz CT molecular complexity index is 961. The molecule has 1 aliphatic rings. The lowest BCUT2D eigenvalue weighted by Gasteiger charge is -2.01. The normalized spacial score (nSPS) is 15.0. The van der Waals surface area contributed by atoms with E-state index in [4.69, 9.17) is 4.98 Å². The standard InChI is InChI=1S/C16H13N5/c1-2-10(1)14-5-4-12-13(7-17-16(12)20-14)11-3-6-15-18-9-19-21(15)8-11/h3-10H,1-2H2,(H,17,20). The van der Waals surface area contributed by atoms with Crippen LogP contribution in [0.5, 0.6) is 0 Å². The van der Waals surface area contributed by atoms with Gasteiger partial charge in [-0.25, -0.2) is 14.5 Å². The Balaban J connectivity index is 1.68. The Hall–Kier alpha value is -2.69. The Morgan fingerprint density at radius 3 is 3.00 bits per heavy atom. The van der Waals surface area contributed by atoms with Crippen molar-refractivity contribution in [3.05, 3.63) is 48.7 Å². The van der Waals surface area contributed by atoms with Crippen LogP contribution in [-0.4, -0.2) is 24.6 Å². The average molecular weight is 275 g/mol. The van der Waals surface area contributed by atoms with Crippen LogP contribution in [0.3, 0.4) is 0 Å². The fourth-order valence-electron chi connectivity index (χ4n) is 2.84. The quantitative estimate of drug-likeness (QED) is 0.611. The predicted molar refractivity (Wildman–Crippen MR) is 80.0 cm³/mol. The van der Waals surface area contributed by atoms with Crippen molar-refractivity contribution in [2.75, 3.05) is 0 Å². The first kappa shape index (κ1) is 11.0. The highest BCUT2D eigenvalue weighted by Crippen LogP contribution is 2.40. The SMILES string of the molecule is c1nc2ccc(-c3c[nH]c4nc(C5CC5)ccc34)cn2n1. The van der Waals surface area contributed by atoms with Crippen LogP contribution in [0.25, 0.3) is 27.8 Å². The summed E-state index contributed by atoms with van der Waals surface area (Å²) in [5.74, 6) is 0.674. The molecule has 1 N–H and O–H groups in total. The van der Waals surface area contributed by atoms with E-state index in [1.165, 1.54) is 18.5 Å². The summed E-state index contributed by atoms with van der Waals surface area (Å²) in [6.45, 7) is 0. The first-order valence-electron chi connectivity index (χ1n) is 7.16. The van der Waals surface area contributed by atoms with Crippen LogP contribution in [0.2, 0.25) is 0 Å². The van der Waals surface area contributed by atoms with Crippen molar-refractivity contribution in [2.45, 2.75) is 18.8 Å². The van der Waals surface area contributed by atoms with E-state index in [0.29, 0.717) is 5.92 Å². The second-order valence-electron chi connectivity index (χ2n) is 5.59. The van der Waals surface area contributed by atoms with E-state index in [1.807, 2.05) is 18.5 Å². The van der Waals surface area contributed by atoms with Gasteiger partial charge >= 0.3 is 0 Å². The molecule has 1 aliphatic carbocycles. The number of aromatic nitrogens is 5. The van der Waals surface area contributed by atoms with E-state index < -0.39 is 0 Å². The van der Waals surface area contributed by atoms with Crippen LogP contribution in [0.1, 0.15) is 24.5 Å². The van der Waals surface area contributed by atoms with Gasteiger partial charge in [0, 0.05) is 40.5 Å². The maximum absolute atomic E-state index is 4.75. The molecule has 4 heterocycles. The molecule has 4 aromatic heterocycles. The van der Waals surface area contributed by atoms with Gasteiger partial charge in [0.2, 0.25) is 0 Å². The average Bonchev–Trinajstić information content (AvgIpc) is 3.11. The first-order valence-corrected chi connectivity index (χ1v) is 7.16. The Morgan fingerprint density at radius 2 is 2.10 bits per heavy atom. The molecule has 0 bridgehead atoms. The first-order chi connectivity index (χ1) is 10.4. The van der Waals surface area contributed by atoms with Crippen LogP contribution in [0, 0.1) is 0 Å². The second-order valence-corrected chi connectivity index (χ2v) is 5.59. The molecule has 5 heteroatoms. The summed E-state index contributed by atoms with van der Waals surface area (Å²) in [6.07, 6.45) is 8.13. The van der Waals surface area contributed by atoms with Crippen molar-refractivity contribution < 1.29 is 0 Å². The largest absolute Gasteiger partial charge is 0.346 e. The zero-order valence-electron chi connectivity index (χ0n) is 11.3. The summed E-state index contributed by atoms with van der Waals surface area (Å²) >= 11 is 0. The summed E-state index contributed by atoms with van der Waals surface area (Å²) in [4.78, 5) is 12.2. The fourth-order valence-corrected chi connectivity index (χ4v) is 2.84. The van der Waals surface area contributed by atoms with E-state index in [0.717, 1.165) is 27.8 Å². The molecule has 4 aromatic rings. The van der Waals surface area contributed by atoms with E-state index in [-0.39, 0.29) is 0 Å². The molecular formula is C16H13N5. The number of hydrogen-bond donors (Lipinski definition) is 1. The van der Waals surface area contributed by atoms with Crippen molar-refractivity contribution in [1.82, 2.24) is 24.6 Å². The smallest absolute Gasteiger partial charge is 0.155 e. The Kier molecular flexibility index (Phi) is 2.05. The highest BCUT2D eigenvalue weighted by Gasteiger charge is 2.25. The highest BCUT2D eigenvalue weighted by atomic mass is 15.3. The minimum atomic E-state index is 0.674. The molecule has 0 radical (unpaired) electrons. The minimum absolute atomic E-state index is 0.674. The number of nitrogens with zero attached hydrogens (tertiary/aromatic N) is 4. The number of fused-ring (bicyclic) bond motifs is 2. The van der Waals surface area contributed by atoms with Gasteiger partial charge in [0.15, 0.2) is 5.65 Å². The summed E-state index contributed by atoms with van der Waals surface area (Å²) in [7, 11) is 0. The molecule has 1 fully saturated rings. The number of rotatable bonds is 2. The predicted octanol–water partition coefficient (Wildman–Crippen LogP) is 3.15. The van der Waals surface area contributed by atoms with Gasteiger partial charge in [-0.05, 0) is 37.1 Å². The van der Waals surface area contributed by atoms with Gasteiger partial charge in [-0.2, -0.15) is 5.10 Å². The summed E-state index contributed by atoms with van der Waals surface area (Å²) in [5, 5.41) is 5.35. The summed E-state index contributed by atoms with van der Waals surface area (Å²) in [5.41, 5.74) is 5.29. The van der Waals surface area contributed by atoms with E-state index in [9.17, 15) is 0 Å². The van der Waals surface area contributed by atoms with Gasteiger partial charge in [0.05, 0.1) is 0 Å². The number of aromatic amines is 1. The maximum atomic E-state index is 4.75. The maximum Gasteiger partial charge on any atom is 0.155 e. The number of H-pyrrole nitrogens is 1. The monoisotopic (exact) mass is 275 g/mol. The van der Waals surface area contributed by atoms with Crippen molar-refractivity contribution in [1.29, 1.82) is 0 Å². The molecule has 0 spiro atoms. The van der Waals surface area contributed by atoms with Crippen LogP contribution in [0.15, 0.2) is 43.0 Å². The third-order valence-electron chi connectivity index (χ3n) is 4.14. The number of pyridine rings is 2. The summed E-state index contributed by atoms with van der Waals surface area (Å²) < 4.78 is 1.79. The molecule has 102 valence electrons. The van der Waals surface area contributed by atoms with Crippen molar-refractivity contribution in [3.63, 3.8) is 0 Å². The number of nitrogens with one attached hydrogen (secondary N) is 1. The molecule has 0 aromatic carbocycles. The lowest BCUT2D eigenvalue weighted by molar-refractivity contribution is 0.963. The minimum Gasteiger partial charge on any atom is -0.346 e. The lowest BCUT2D eigenvalue weighted by atomic mass is 10.1. The molecule has 0 atom stereocenters. The highest BCUT2D eigenvalue weighted by molar-refractivity contribution is 5.93. The summed E-state index contributed by atoms with van der Waals surface area (Å²) in [6, 6.07) is 8.38. The van der Waals surface area contributed by atoms with Gasteiger partial charge in [-0.1, -0.05) is 0 Å². The topological polar surface area (TPSA) is 58.9 Å². The van der Waals surface area contributed by atoms with Gasteiger partial charge in [0.25, 0.3) is 0 Å². The lowest BCUT2D eigenvalue weighted by Crippen LogP contribution is -1.88. The van der Waals surface area contributed by atoms with Crippen molar-refractivity contribution in [2.24, 2.45) is 0 Å². The van der Waals surface area contributed by atoms with Gasteiger partial charge in [-0.15, -0.1) is 0 Å². The molecule has 0 amide bonds. The molecule has 0 aliphatic heterocycles. The van der Waals surface area contributed by atoms with Gasteiger partial charge < -0.3 is 4.98 Å². The second kappa shape index (κ2) is 3.91. The Labute approximate surface area is 120 Å². The van der Waals surface area contributed by atoms with E-state index in [1.54, 1.807) is 10.8 Å². The van der Waals surface area contributed by atoms with Crippen LogP contribution in [-0.2, 0) is 0 Å². The third-order valence-corrected chi connectivity index (χ3v) is 4.14. The number of hydrogen-bond acceptors (Lipinski definition) is 3. The van der Waals surface area contributed by atoms with Crippen LogP contribution >= 0.6 is 0 Å². The Morgan fingerprint density at radius 1 is 1.14 bits per heavy atom. The fraction of sp³-hybridized carbons (Fsp3) is 0.188. The molecule has 5 nitrogen and oxygen atoms in total. The molecule has 0 unspecified atom stereocenters. The zero-order chi connectivity index (χ0) is 13.8. The molecule has 5 rings (SSSR count). The van der Waals surface area contributed by atoms with Crippen LogP contribution in [0.4, 0.5) is 0 Å². The van der Waals surface area contributed by atoms with E-state index in [2.05, 4.69) is 33.3 Å². The van der Waals surface area contributed by atoms with Gasteiger partial charge in [-0.3, -0.25) is 0 Å². The van der Waals surface area contributed by atoms with Gasteiger partial charge in [0.1, 0.15) is 12.0 Å². The zero-order valence-corrected chi connectivity index (χ0v) is 11.3. The molecular weight excluding hydrogens is 262 g/mol. The third kappa shape index (κ3) is 1.67. The van der Waals surface area contributed by atoms with Crippen molar-refractivity contribution >= 4 is 16.7 Å². The van der Waals surface area contributed by atoms with Crippen LogP contribution < -0.4 is 0 Å².